The van der Waals surface area contributed by atoms with Crippen molar-refractivity contribution in [3.05, 3.63) is 23.7 Å². The zero-order valence-corrected chi connectivity index (χ0v) is 13.9. The van der Waals surface area contributed by atoms with Crippen LogP contribution in [-0.4, -0.2) is 63.2 Å². The van der Waals surface area contributed by atoms with Crippen molar-refractivity contribution < 1.29 is 4.42 Å². The lowest BCUT2D eigenvalue weighted by Crippen LogP contribution is -2.39. The summed E-state index contributed by atoms with van der Waals surface area (Å²) >= 11 is 0. The van der Waals surface area contributed by atoms with Crippen molar-refractivity contribution in [2.24, 2.45) is 0 Å². The van der Waals surface area contributed by atoms with E-state index in [2.05, 4.69) is 35.2 Å². The second kappa shape index (κ2) is 8.57. The zero-order valence-electron chi connectivity index (χ0n) is 13.9. The van der Waals surface area contributed by atoms with Crippen molar-refractivity contribution in [3.63, 3.8) is 0 Å². The minimum Gasteiger partial charge on any atom is -0.469 e. The normalized spacial score (nSPS) is 20.3. The van der Waals surface area contributed by atoms with Crippen molar-refractivity contribution in [3.8, 4) is 0 Å². The Bertz CT molecular complexity index is 404. The molecule has 120 valence electrons. The molecule has 1 saturated heterocycles. The van der Waals surface area contributed by atoms with E-state index < -0.39 is 0 Å². The fourth-order valence-corrected chi connectivity index (χ4v) is 3.14. The Morgan fingerprint density at radius 1 is 1.48 bits per heavy atom. The van der Waals surface area contributed by atoms with Crippen LogP contribution in [0.1, 0.15) is 37.0 Å². The first kappa shape index (κ1) is 16.5. The third-order valence-electron chi connectivity index (χ3n) is 4.67. The summed E-state index contributed by atoms with van der Waals surface area (Å²) in [6.45, 7) is 9.12. The van der Waals surface area contributed by atoms with Crippen molar-refractivity contribution in [2.75, 3.05) is 53.4 Å². The third-order valence-corrected chi connectivity index (χ3v) is 4.67. The molecule has 0 aliphatic carbocycles. The number of nitrogens with zero attached hydrogens (tertiary/aromatic N) is 2. The van der Waals surface area contributed by atoms with Crippen LogP contribution in [0.3, 0.4) is 0 Å². The molecule has 0 saturated carbocycles. The molecular formula is C17H31N3O. The van der Waals surface area contributed by atoms with Gasteiger partial charge in [0.1, 0.15) is 5.76 Å². The van der Waals surface area contributed by atoms with Gasteiger partial charge in [0.2, 0.25) is 0 Å². The number of nitrogens with one attached hydrogen (secondary N) is 1. The van der Waals surface area contributed by atoms with Crippen LogP contribution in [0.2, 0.25) is 0 Å². The molecular weight excluding hydrogens is 262 g/mol. The highest BCUT2D eigenvalue weighted by Gasteiger charge is 2.24. The first-order valence-electron chi connectivity index (χ1n) is 8.36. The van der Waals surface area contributed by atoms with Gasteiger partial charge in [0.25, 0.3) is 0 Å². The molecule has 2 heterocycles. The van der Waals surface area contributed by atoms with Gasteiger partial charge in [0.15, 0.2) is 0 Å². The number of hydrogen-bond acceptors (Lipinski definition) is 4. The average Bonchev–Trinajstić information content (AvgIpc) is 2.99. The first-order valence-corrected chi connectivity index (χ1v) is 8.36. The predicted octanol–water partition coefficient (Wildman–Crippen LogP) is 2.17. The standard InChI is InChI=1S/C17H31N3O/c1-4-19(3)11-12-20-10-5-6-15(14-20)16-8-13-21-17(16)7-9-18-2/h8,13,15,18H,4-7,9-12,14H2,1-3H3. The van der Waals surface area contributed by atoms with Crippen LogP contribution >= 0.6 is 0 Å². The number of rotatable bonds is 8. The molecule has 1 unspecified atom stereocenters. The van der Waals surface area contributed by atoms with E-state index in [4.69, 9.17) is 4.42 Å². The minimum atomic E-state index is 0.649. The number of furan rings is 1. The van der Waals surface area contributed by atoms with Crippen molar-refractivity contribution in [1.29, 1.82) is 0 Å². The number of likely N-dealkylation sites (tertiary alicyclic amines) is 1. The molecule has 1 N–H and O–H groups in total. The van der Waals surface area contributed by atoms with Crippen molar-refractivity contribution >= 4 is 0 Å². The van der Waals surface area contributed by atoms with Gasteiger partial charge in [0.05, 0.1) is 6.26 Å². The highest BCUT2D eigenvalue weighted by molar-refractivity contribution is 5.23. The van der Waals surface area contributed by atoms with Crippen LogP contribution in [0.25, 0.3) is 0 Å². The maximum absolute atomic E-state index is 5.70. The fraction of sp³-hybridized carbons (Fsp3) is 0.765. The number of hydrogen-bond donors (Lipinski definition) is 1. The maximum atomic E-state index is 5.70. The summed E-state index contributed by atoms with van der Waals surface area (Å²) in [7, 11) is 4.20. The van der Waals surface area contributed by atoms with E-state index in [-0.39, 0.29) is 0 Å². The average molecular weight is 293 g/mol. The van der Waals surface area contributed by atoms with Gasteiger partial charge in [-0.05, 0) is 51.7 Å². The van der Waals surface area contributed by atoms with Gasteiger partial charge in [-0.1, -0.05) is 6.92 Å². The first-order chi connectivity index (χ1) is 10.2. The van der Waals surface area contributed by atoms with Crippen molar-refractivity contribution in [2.45, 2.75) is 32.1 Å². The molecule has 1 fully saturated rings. The molecule has 1 aliphatic rings. The molecule has 4 heteroatoms. The van der Waals surface area contributed by atoms with Gasteiger partial charge in [-0.2, -0.15) is 0 Å². The van der Waals surface area contributed by atoms with Crippen LogP contribution in [-0.2, 0) is 6.42 Å². The zero-order chi connectivity index (χ0) is 15.1. The lowest BCUT2D eigenvalue weighted by atomic mass is 9.90. The molecule has 0 amide bonds. The Morgan fingerprint density at radius 3 is 3.10 bits per heavy atom. The fourth-order valence-electron chi connectivity index (χ4n) is 3.14. The Kier molecular flexibility index (Phi) is 6.74. The van der Waals surface area contributed by atoms with E-state index in [0.29, 0.717) is 5.92 Å². The van der Waals surface area contributed by atoms with Crippen LogP contribution in [0.5, 0.6) is 0 Å². The van der Waals surface area contributed by atoms with Gasteiger partial charge in [0, 0.05) is 38.5 Å². The molecule has 1 aromatic rings. The third kappa shape index (κ3) is 4.83. The second-order valence-corrected chi connectivity index (χ2v) is 6.19. The smallest absolute Gasteiger partial charge is 0.108 e. The van der Waals surface area contributed by atoms with E-state index in [1.54, 1.807) is 0 Å². The molecule has 0 bridgehead atoms. The van der Waals surface area contributed by atoms with Crippen LogP contribution in [0.15, 0.2) is 16.7 Å². The molecule has 0 radical (unpaired) electrons. The number of piperidine rings is 1. The van der Waals surface area contributed by atoms with Crippen LogP contribution in [0.4, 0.5) is 0 Å². The van der Waals surface area contributed by atoms with Gasteiger partial charge in [-0.25, -0.2) is 0 Å². The van der Waals surface area contributed by atoms with Gasteiger partial charge in [-0.3, -0.25) is 0 Å². The summed E-state index contributed by atoms with van der Waals surface area (Å²) in [5.74, 6) is 1.83. The largest absolute Gasteiger partial charge is 0.469 e. The summed E-state index contributed by atoms with van der Waals surface area (Å²) in [5, 5.41) is 3.21. The molecule has 1 aliphatic heterocycles. The molecule has 21 heavy (non-hydrogen) atoms. The minimum absolute atomic E-state index is 0.649. The highest BCUT2D eigenvalue weighted by atomic mass is 16.3. The summed E-state index contributed by atoms with van der Waals surface area (Å²) in [6.07, 6.45) is 5.46. The Morgan fingerprint density at radius 2 is 2.33 bits per heavy atom. The maximum Gasteiger partial charge on any atom is 0.108 e. The lowest BCUT2D eigenvalue weighted by Gasteiger charge is -2.33. The quantitative estimate of drug-likeness (QED) is 0.796. The Hall–Kier alpha value is -0.840. The number of likely N-dealkylation sites (N-methyl/N-ethyl adjacent to an activating group) is 2. The second-order valence-electron chi connectivity index (χ2n) is 6.19. The molecule has 0 aromatic carbocycles. The van der Waals surface area contributed by atoms with Crippen LogP contribution < -0.4 is 5.32 Å². The van der Waals surface area contributed by atoms with E-state index in [9.17, 15) is 0 Å². The molecule has 1 atom stereocenters. The van der Waals surface area contributed by atoms with E-state index >= 15 is 0 Å². The summed E-state index contributed by atoms with van der Waals surface area (Å²) < 4.78 is 5.70. The molecule has 2 rings (SSSR count). The van der Waals surface area contributed by atoms with E-state index in [0.717, 1.165) is 19.5 Å². The molecule has 1 aromatic heterocycles. The monoisotopic (exact) mass is 293 g/mol. The summed E-state index contributed by atoms with van der Waals surface area (Å²) in [6, 6.07) is 2.19. The Labute approximate surface area is 129 Å². The predicted molar refractivity (Wildman–Crippen MR) is 87.9 cm³/mol. The summed E-state index contributed by atoms with van der Waals surface area (Å²) in [4.78, 5) is 5.01. The van der Waals surface area contributed by atoms with Crippen LogP contribution in [0, 0.1) is 0 Å². The highest BCUT2D eigenvalue weighted by Crippen LogP contribution is 2.30. The van der Waals surface area contributed by atoms with Gasteiger partial charge in [-0.15, -0.1) is 0 Å². The molecule has 0 spiro atoms. The van der Waals surface area contributed by atoms with E-state index in [1.807, 2.05) is 13.3 Å². The van der Waals surface area contributed by atoms with Gasteiger partial charge >= 0.3 is 0 Å². The Balaban J connectivity index is 1.90. The molecule has 4 nitrogen and oxygen atoms in total. The lowest BCUT2D eigenvalue weighted by molar-refractivity contribution is 0.183. The van der Waals surface area contributed by atoms with Crippen molar-refractivity contribution in [1.82, 2.24) is 15.1 Å². The summed E-state index contributed by atoms with van der Waals surface area (Å²) in [5.41, 5.74) is 1.44. The van der Waals surface area contributed by atoms with Gasteiger partial charge < -0.3 is 19.5 Å². The SMILES string of the molecule is CCN(C)CCN1CCCC(c2ccoc2CCNC)C1. The topological polar surface area (TPSA) is 31.6 Å². The van der Waals surface area contributed by atoms with E-state index in [1.165, 1.54) is 50.3 Å².